The van der Waals surface area contributed by atoms with Gasteiger partial charge in [-0.2, -0.15) is 0 Å². The van der Waals surface area contributed by atoms with Gasteiger partial charge in [-0.05, 0) is 25.6 Å². The molecule has 0 radical (unpaired) electrons. The molecule has 5 heteroatoms. The molecule has 1 unspecified atom stereocenters. The molecule has 0 spiro atoms. The van der Waals surface area contributed by atoms with Gasteiger partial charge in [0.15, 0.2) is 0 Å². The number of nitrogens with zero attached hydrogens (tertiary/aromatic N) is 2. The Morgan fingerprint density at radius 3 is 3.00 bits per heavy atom. The van der Waals surface area contributed by atoms with Crippen molar-refractivity contribution in [1.29, 1.82) is 0 Å². The van der Waals surface area contributed by atoms with E-state index >= 15 is 0 Å². The molecule has 1 aromatic rings. The minimum atomic E-state index is 0.226. The molecule has 1 saturated heterocycles. The molecule has 92 valence electrons. The highest BCUT2D eigenvalue weighted by Gasteiger charge is 2.24. The van der Waals surface area contributed by atoms with E-state index in [4.69, 9.17) is 0 Å². The van der Waals surface area contributed by atoms with E-state index in [1.54, 1.807) is 24.2 Å². The van der Waals surface area contributed by atoms with Crippen LogP contribution in [-0.4, -0.2) is 47.7 Å². The Bertz CT molecular complexity index is 371. The minimum Gasteiger partial charge on any atom is -0.340 e. The first-order valence-electron chi connectivity index (χ1n) is 5.77. The van der Waals surface area contributed by atoms with Gasteiger partial charge >= 0.3 is 0 Å². The Balaban J connectivity index is 1.78. The lowest BCUT2D eigenvalue weighted by atomic mass is 10.3. The number of likely N-dealkylation sites (N-methyl/N-ethyl adjacent to an activating group) is 1. The second-order valence-corrected chi connectivity index (χ2v) is 5.13. The number of pyridine rings is 1. The summed E-state index contributed by atoms with van der Waals surface area (Å²) in [4.78, 5) is 18.9. The number of rotatable bonds is 4. The minimum absolute atomic E-state index is 0.226. The second kappa shape index (κ2) is 6.02. The van der Waals surface area contributed by atoms with E-state index in [1.807, 2.05) is 24.1 Å². The first-order valence-corrected chi connectivity index (χ1v) is 6.76. The lowest BCUT2D eigenvalue weighted by Crippen LogP contribution is -2.34. The van der Waals surface area contributed by atoms with Crippen LogP contribution in [0.15, 0.2) is 29.4 Å². The first kappa shape index (κ1) is 12.4. The molecular weight excluding hydrogens is 234 g/mol. The molecule has 0 bridgehead atoms. The van der Waals surface area contributed by atoms with Crippen LogP contribution < -0.4 is 5.32 Å². The van der Waals surface area contributed by atoms with Crippen LogP contribution in [0.2, 0.25) is 0 Å². The van der Waals surface area contributed by atoms with Crippen molar-refractivity contribution in [2.45, 2.75) is 17.4 Å². The zero-order chi connectivity index (χ0) is 12.1. The van der Waals surface area contributed by atoms with Gasteiger partial charge in [0, 0.05) is 36.4 Å². The Morgan fingerprint density at radius 2 is 2.35 bits per heavy atom. The Kier molecular flexibility index (Phi) is 4.39. The SMILES string of the molecule is CNC1CCN(C(=O)CSc2ccncc2)C1. The summed E-state index contributed by atoms with van der Waals surface area (Å²) in [6, 6.07) is 4.32. The van der Waals surface area contributed by atoms with Gasteiger partial charge in [-0.25, -0.2) is 0 Å². The molecule has 1 amide bonds. The van der Waals surface area contributed by atoms with Crippen molar-refractivity contribution in [3.05, 3.63) is 24.5 Å². The van der Waals surface area contributed by atoms with Crippen LogP contribution in [0.5, 0.6) is 0 Å². The van der Waals surface area contributed by atoms with Crippen molar-refractivity contribution in [2.75, 3.05) is 25.9 Å². The van der Waals surface area contributed by atoms with Gasteiger partial charge < -0.3 is 10.2 Å². The van der Waals surface area contributed by atoms with E-state index in [2.05, 4.69) is 10.3 Å². The van der Waals surface area contributed by atoms with Crippen molar-refractivity contribution in [3.63, 3.8) is 0 Å². The fourth-order valence-corrected chi connectivity index (χ4v) is 2.68. The van der Waals surface area contributed by atoms with Gasteiger partial charge in [0.05, 0.1) is 5.75 Å². The number of aromatic nitrogens is 1. The third-order valence-electron chi connectivity index (χ3n) is 2.96. The number of nitrogens with one attached hydrogen (secondary N) is 1. The molecule has 0 saturated carbocycles. The predicted molar refractivity (Wildman–Crippen MR) is 69.0 cm³/mol. The van der Waals surface area contributed by atoms with Gasteiger partial charge in [-0.1, -0.05) is 0 Å². The Hall–Kier alpha value is -1.07. The summed E-state index contributed by atoms with van der Waals surface area (Å²) in [6.07, 6.45) is 4.56. The Labute approximate surface area is 106 Å². The lowest BCUT2D eigenvalue weighted by molar-refractivity contribution is -0.127. The maximum Gasteiger partial charge on any atom is 0.232 e. The number of hydrogen-bond acceptors (Lipinski definition) is 4. The van der Waals surface area contributed by atoms with Crippen LogP contribution in [0.1, 0.15) is 6.42 Å². The third-order valence-corrected chi connectivity index (χ3v) is 3.96. The van der Waals surface area contributed by atoms with Crippen molar-refractivity contribution < 1.29 is 4.79 Å². The zero-order valence-electron chi connectivity index (χ0n) is 9.93. The zero-order valence-corrected chi connectivity index (χ0v) is 10.7. The lowest BCUT2D eigenvalue weighted by Gasteiger charge is -2.16. The topological polar surface area (TPSA) is 45.2 Å². The van der Waals surface area contributed by atoms with Crippen LogP contribution in [0.4, 0.5) is 0 Å². The van der Waals surface area contributed by atoms with Gasteiger partial charge in [-0.3, -0.25) is 9.78 Å². The van der Waals surface area contributed by atoms with Gasteiger partial charge in [0.25, 0.3) is 0 Å². The molecule has 1 N–H and O–H groups in total. The smallest absolute Gasteiger partial charge is 0.232 e. The third kappa shape index (κ3) is 3.44. The number of hydrogen-bond donors (Lipinski definition) is 1. The molecule has 0 aliphatic carbocycles. The highest BCUT2D eigenvalue weighted by atomic mass is 32.2. The fraction of sp³-hybridized carbons (Fsp3) is 0.500. The molecule has 2 heterocycles. The molecule has 1 atom stereocenters. The number of carbonyl (C=O) groups excluding carboxylic acids is 1. The maximum atomic E-state index is 11.9. The molecule has 17 heavy (non-hydrogen) atoms. The normalized spacial score (nSPS) is 19.6. The number of amides is 1. The molecule has 4 nitrogen and oxygen atoms in total. The summed E-state index contributed by atoms with van der Waals surface area (Å²) >= 11 is 1.57. The van der Waals surface area contributed by atoms with Crippen LogP contribution in [0, 0.1) is 0 Å². The summed E-state index contributed by atoms with van der Waals surface area (Å²) in [7, 11) is 1.95. The number of likely N-dealkylation sites (tertiary alicyclic amines) is 1. The number of thioether (sulfide) groups is 1. The summed E-state index contributed by atoms with van der Waals surface area (Å²) < 4.78 is 0. The van der Waals surface area contributed by atoms with Crippen LogP contribution >= 0.6 is 11.8 Å². The molecule has 1 aliphatic heterocycles. The largest absolute Gasteiger partial charge is 0.340 e. The molecule has 0 aromatic carbocycles. The fourth-order valence-electron chi connectivity index (χ4n) is 1.89. The summed E-state index contributed by atoms with van der Waals surface area (Å²) in [5, 5.41) is 3.21. The van der Waals surface area contributed by atoms with Crippen LogP contribution in [0.25, 0.3) is 0 Å². The molecule has 1 aromatic heterocycles. The molecule has 1 fully saturated rings. The van der Waals surface area contributed by atoms with Crippen molar-refractivity contribution in [2.24, 2.45) is 0 Å². The highest BCUT2D eigenvalue weighted by molar-refractivity contribution is 8.00. The van der Waals surface area contributed by atoms with Gasteiger partial charge in [0.2, 0.25) is 5.91 Å². The average Bonchev–Trinajstić information content (AvgIpc) is 2.86. The van der Waals surface area contributed by atoms with Crippen molar-refractivity contribution in [1.82, 2.24) is 15.2 Å². The van der Waals surface area contributed by atoms with E-state index in [1.165, 1.54) is 0 Å². The molecule has 2 rings (SSSR count). The monoisotopic (exact) mass is 251 g/mol. The summed E-state index contributed by atoms with van der Waals surface area (Å²) in [6.45, 7) is 1.72. The van der Waals surface area contributed by atoms with E-state index in [-0.39, 0.29) is 5.91 Å². The van der Waals surface area contributed by atoms with E-state index in [0.717, 1.165) is 24.4 Å². The summed E-state index contributed by atoms with van der Waals surface area (Å²) in [5.74, 6) is 0.741. The van der Waals surface area contributed by atoms with Crippen molar-refractivity contribution in [3.8, 4) is 0 Å². The van der Waals surface area contributed by atoms with E-state index in [0.29, 0.717) is 11.8 Å². The van der Waals surface area contributed by atoms with Crippen molar-refractivity contribution >= 4 is 17.7 Å². The Morgan fingerprint density at radius 1 is 1.59 bits per heavy atom. The highest BCUT2D eigenvalue weighted by Crippen LogP contribution is 2.18. The second-order valence-electron chi connectivity index (χ2n) is 4.09. The molecular formula is C12H17N3OS. The van der Waals surface area contributed by atoms with Gasteiger partial charge in [-0.15, -0.1) is 11.8 Å². The quantitative estimate of drug-likeness (QED) is 0.811. The van der Waals surface area contributed by atoms with Gasteiger partial charge in [0.1, 0.15) is 0 Å². The number of carbonyl (C=O) groups is 1. The maximum absolute atomic E-state index is 11.9. The van der Waals surface area contributed by atoms with Crippen LogP contribution in [0.3, 0.4) is 0 Å². The first-order chi connectivity index (χ1) is 8.29. The van der Waals surface area contributed by atoms with E-state index in [9.17, 15) is 4.79 Å². The average molecular weight is 251 g/mol. The molecule has 1 aliphatic rings. The standard InChI is InChI=1S/C12H17N3OS/c1-13-10-4-7-15(8-10)12(16)9-17-11-2-5-14-6-3-11/h2-3,5-6,10,13H,4,7-9H2,1H3. The summed E-state index contributed by atoms with van der Waals surface area (Å²) in [5.41, 5.74) is 0. The van der Waals surface area contributed by atoms with E-state index < -0.39 is 0 Å². The predicted octanol–water partition coefficient (Wildman–Crippen LogP) is 0.994. The van der Waals surface area contributed by atoms with Crippen LogP contribution in [-0.2, 0) is 4.79 Å².